The summed E-state index contributed by atoms with van der Waals surface area (Å²) in [5.41, 5.74) is -0.271. The summed E-state index contributed by atoms with van der Waals surface area (Å²) in [6.07, 6.45) is -0.0326. The summed E-state index contributed by atoms with van der Waals surface area (Å²) < 4.78 is 89.2. The molecule has 0 amide bonds. The Morgan fingerprint density at radius 2 is 1.63 bits per heavy atom. The van der Waals surface area contributed by atoms with E-state index in [1.54, 1.807) is 0 Å². The van der Waals surface area contributed by atoms with Crippen LogP contribution in [0.1, 0.15) is 6.42 Å². The third kappa shape index (κ3) is 4.14. The molecule has 0 spiro atoms. The van der Waals surface area contributed by atoms with E-state index >= 15 is 0 Å². The van der Waals surface area contributed by atoms with Gasteiger partial charge in [0.05, 0.1) is 32.2 Å². The summed E-state index contributed by atoms with van der Waals surface area (Å²) >= 11 is 0. The van der Waals surface area contributed by atoms with Crippen molar-refractivity contribution in [1.29, 1.82) is 0 Å². The van der Waals surface area contributed by atoms with Crippen LogP contribution in [-0.2, 0) is 29.7 Å². The van der Waals surface area contributed by atoms with Gasteiger partial charge in [-0.2, -0.15) is 0 Å². The molecule has 2 aromatic carbocycles. The maximum Gasteiger partial charge on any atom is 0.262 e. The molecule has 1 unspecified atom stereocenters. The lowest BCUT2D eigenvalue weighted by Gasteiger charge is -2.13. The molecular weight excluding hydrogens is 417 g/mol. The van der Waals surface area contributed by atoms with Crippen LogP contribution in [0, 0.1) is 5.82 Å². The van der Waals surface area contributed by atoms with Crippen LogP contribution in [0.4, 0.5) is 10.1 Å². The highest BCUT2D eigenvalue weighted by Gasteiger charge is 2.38. The summed E-state index contributed by atoms with van der Waals surface area (Å²) in [6.45, 7) is 0. The van der Waals surface area contributed by atoms with Crippen molar-refractivity contribution in [2.24, 2.45) is 0 Å². The Bertz CT molecular complexity index is 1190. The second kappa shape index (κ2) is 6.88. The fraction of sp³-hybridized carbons (Fsp3) is 0.250. The first-order valence-corrected chi connectivity index (χ1v) is 12.7. The van der Waals surface area contributed by atoms with E-state index in [1.165, 1.54) is 36.4 Å². The van der Waals surface area contributed by atoms with Crippen LogP contribution in [0.15, 0.2) is 58.3 Å². The van der Waals surface area contributed by atoms with E-state index in [-0.39, 0.29) is 27.7 Å². The van der Waals surface area contributed by atoms with Gasteiger partial charge in [-0.15, -0.1) is 0 Å². The Labute approximate surface area is 157 Å². The van der Waals surface area contributed by atoms with Crippen LogP contribution in [0.2, 0.25) is 0 Å². The normalized spacial score (nSPS) is 19.7. The van der Waals surface area contributed by atoms with E-state index in [0.717, 1.165) is 12.1 Å². The summed E-state index contributed by atoms with van der Waals surface area (Å²) in [5, 5.41) is -1.11. The van der Waals surface area contributed by atoms with Crippen molar-refractivity contribution in [3.63, 3.8) is 0 Å². The second-order valence-electron chi connectivity index (χ2n) is 6.13. The molecule has 146 valence electrons. The van der Waals surface area contributed by atoms with Crippen LogP contribution in [0.3, 0.4) is 0 Å². The molecule has 1 aliphatic rings. The summed E-state index contributed by atoms with van der Waals surface area (Å²) in [4.78, 5) is -0.659. The average molecular weight is 434 g/mol. The van der Waals surface area contributed by atoms with Crippen molar-refractivity contribution in [2.45, 2.75) is 21.5 Å². The van der Waals surface area contributed by atoms with Crippen LogP contribution in [0.25, 0.3) is 0 Å². The maximum absolute atomic E-state index is 13.7. The molecule has 0 radical (unpaired) electrons. The molecule has 1 fully saturated rings. The number of benzene rings is 2. The van der Waals surface area contributed by atoms with Crippen LogP contribution >= 0.6 is 0 Å². The zero-order valence-electron chi connectivity index (χ0n) is 13.9. The van der Waals surface area contributed by atoms with Crippen molar-refractivity contribution >= 4 is 35.4 Å². The number of hydrogen-bond acceptors (Lipinski definition) is 6. The number of rotatable bonds is 5. The SMILES string of the molecule is O=S1(=O)CCC(S(=O)(=O)c2cccc(S(=O)(=O)Nc3ccccc3F)c2)C1. The highest BCUT2D eigenvalue weighted by atomic mass is 32.2. The molecule has 0 saturated carbocycles. The van der Waals surface area contributed by atoms with Crippen molar-refractivity contribution in [3.05, 3.63) is 54.3 Å². The van der Waals surface area contributed by atoms with Crippen LogP contribution in [-0.4, -0.2) is 42.0 Å². The number of sulfonamides is 1. The predicted molar refractivity (Wildman–Crippen MR) is 97.9 cm³/mol. The lowest BCUT2D eigenvalue weighted by atomic mass is 10.3. The molecule has 27 heavy (non-hydrogen) atoms. The number of halogens is 1. The van der Waals surface area contributed by atoms with E-state index in [1.807, 2.05) is 0 Å². The van der Waals surface area contributed by atoms with Crippen LogP contribution < -0.4 is 4.72 Å². The van der Waals surface area contributed by atoms with Gasteiger partial charge in [-0.05, 0) is 36.8 Å². The third-order valence-corrected chi connectivity index (χ3v) is 9.73. The Morgan fingerprint density at radius 3 is 2.26 bits per heavy atom. The molecule has 2 aromatic rings. The Hall–Kier alpha value is -1.98. The van der Waals surface area contributed by atoms with Gasteiger partial charge in [0.15, 0.2) is 19.7 Å². The number of nitrogens with one attached hydrogen (secondary N) is 1. The minimum Gasteiger partial charge on any atom is -0.277 e. The molecule has 0 aliphatic carbocycles. The standard InChI is InChI=1S/C16H16FNO6S3/c17-15-6-1-2-7-16(15)18-27(23,24)13-5-3-4-12(10-13)26(21,22)14-8-9-25(19,20)11-14/h1-7,10,14,18H,8-9,11H2. The number of sulfone groups is 2. The summed E-state index contributed by atoms with van der Waals surface area (Å²) in [5.74, 6) is -1.48. The molecule has 1 heterocycles. The molecule has 3 rings (SSSR count). The first kappa shape index (κ1) is 19.8. The highest BCUT2D eigenvalue weighted by Crippen LogP contribution is 2.27. The van der Waals surface area contributed by atoms with Gasteiger partial charge in [0.1, 0.15) is 5.82 Å². The fourth-order valence-corrected chi connectivity index (χ4v) is 8.36. The van der Waals surface area contributed by atoms with Crippen LogP contribution in [0.5, 0.6) is 0 Å². The van der Waals surface area contributed by atoms with Crippen molar-refractivity contribution in [3.8, 4) is 0 Å². The Morgan fingerprint density at radius 1 is 0.963 bits per heavy atom. The molecule has 1 N–H and O–H groups in total. The van der Waals surface area contributed by atoms with Gasteiger partial charge in [-0.1, -0.05) is 18.2 Å². The van der Waals surface area contributed by atoms with Gasteiger partial charge < -0.3 is 0 Å². The van der Waals surface area contributed by atoms with Gasteiger partial charge in [0, 0.05) is 0 Å². The van der Waals surface area contributed by atoms with Gasteiger partial charge in [0.25, 0.3) is 10.0 Å². The van der Waals surface area contributed by atoms with E-state index in [2.05, 4.69) is 4.72 Å². The Balaban J connectivity index is 1.95. The molecule has 1 saturated heterocycles. The Kier molecular flexibility index (Phi) is 5.04. The van der Waals surface area contributed by atoms with Crippen molar-refractivity contribution in [2.75, 3.05) is 16.2 Å². The van der Waals surface area contributed by atoms with Crippen molar-refractivity contribution in [1.82, 2.24) is 0 Å². The number of hydrogen-bond donors (Lipinski definition) is 1. The molecule has 0 bridgehead atoms. The molecule has 0 aromatic heterocycles. The zero-order chi connectivity index (χ0) is 19.9. The maximum atomic E-state index is 13.7. The summed E-state index contributed by atoms with van der Waals surface area (Å²) in [7, 11) is -11.7. The van der Waals surface area contributed by atoms with E-state index < -0.39 is 46.5 Å². The van der Waals surface area contributed by atoms with Crippen molar-refractivity contribution < 1.29 is 29.6 Å². The largest absolute Gasteiger partial charge is 0.277 e. The lowest BCUT2D eigenvalue weighted by molar-refractivity contribution is 0.581. The van der Waals surface area contributed by atoms with E-state index in [0.29, 0.717) is 0 Å². The first-order valence-electron chi connectivity index (χ1n) is 7.83. The minimum atomic E-state index is -4.24. The monoisotopic (exact) mass is 433 g/mol. The molecule has 11 heteroatoms. The molecule has 1 aliphatic heterocycles. The van der Waals surface area contributed by atoms with Gasteiger partial charge >= 0.3 is 0 Å². The highest BCUT2D eigenvalue weighted by molar-refractivity contribution is 7.96. The fourth-order valence-electron chi connectivity index (χ4n) is 2.76. The first-order chi connectivity index (χ1) is 12.5. The lowest BCUT2D eigenvalue weighted by Crippen LogP contribution is -2.23. The van der Waals surface area contributed by atoms with Gasteiger partial charge in [-0.3, -0.25) is 4.72 Å². The molecular formula is C16H16FNO6S3. The predicted octanol–water partition coefficient (Wildman–Crippen LogP) is 1.59. The molecule has 1 atom stereocenters. The zero-order valence-corrected chi connectivity index (χ0v) is 16.3. The third-order valence-electron chi connectivity index (χ3n) is 4.19. The number of para-hydroxylation sites is 1. The smallest absolute Gasteiger partial charge is 0.262 e. The second-order valence-corrected chi connectivity index (χ2v) is 12.3. The molecule has 7 nitrogen and oxygen atoms in total. The van der Waals surface area contributed by atoms with E-state index in [9.17, 15) is 29.6 Å². The van der Waals surface area contributed by atoms with E-state index in [4.69, 9.17) is 0 Å². The summed E-state index contributed by atoms with van der Waals surface area (Å²) in [6, 6.07) is 9.74. The minimum absolute atomic E-state index is 0.0326. The van der Waals surface area contributed by atoms with Gasteiger partial charge in [-0.25, -0.2) is 29.6 Å². The van der Waals surface area contributed by atoms with Gasteiger partial charge in [0.2, 0.25) is 0 Å². The number of anilines is 1. The quantitative estimate of drug-likeness (QED) is 0.766. The topological polar surface area (TPSA) is 114 Å². The average Bonchev–Trinajstić information content (AvgIpc) is 2.98.